The lowest BCUT2D eigenvalue weighted by atomic mass is 9.77. The predicted octanol–water partition coefficient (Wildman–Crippen LogP) is 9.24. The van der Waals surface area contributed by atoms with Crippen LogP contribution >= 0.6 is 0 Å². The predicted molar refractivity (Wildman–Crippen MR) is 127 cm³/mol. The molecule has 0 radical (unpaired) electrons. The van der Waals surface area contributed by atoms with E-state index in [2.05, 4.69) is 13.0 Å². The van der Waals surface area contributed by atoms with Gasteiger partial charge in [-0.1, -0.05) is 88.6 Å². The molecule has 0 heterocycles. The molecule has 0 atom stereocenters. The molecule has 0 nitrogen and oxygen atoms in total. The first-order valence-corrected chi connectivity index (χ1v) is 12.2. The molecule has 0 bridgehead atoms. The summed E-state index contributed by atoms with van der Waals surface area (Å²) in [5, 5.41) is 1.32. The fourth-order valence-electron chi connectivity index (χ4n) is 5.29. The number of hydrogen-bond acceptors (Lipinski definition) is 0. The zero-order chi connectivity index (χ0) is 22.5. The Bertz CT molecular complexity index is 1030. The van der Waals surface area contributed by atoms with Crippen LogP contribution in [-0.4, -0.2) is 0 Å². The topological polar surface area (TPSA) is 0 Å². The van der Waals surface area contributed by atoms with Crippen LogP contribution in [0.1, 0.15) is 70.3 Å². The van der Waals surface area contributed by atoms with Crippen molar-refractivity contribution in [1.29, 1.82) is 0 Å². The summed E-state index contributed by atoms with van der Waals surface area (Å²) in [5.74, 6) is -0.104. The van der Waals surface area contributed by atoms with Crippen LogP contribution in [0.15, 0.2) is 48.5 Å². The largest absolute Gasteiger partial charge is 0.207 e. The van der Waals surface area contributed by atoms with Gasteiger partial charge in [-0.05, 0) is 53.3 Å². The maximum atomic E-state index is 15.1. The van der Waals surface area contributed by atoms with Crippen LogP contribution in [0.4, 0.5) is 13.2 Å². The molecule has 3 aromatic rings. The van der Waals surface area contributed by atoms with Crippen molar-refractivity contribution < 1.29 is 13.2 Å². The van der Waals surface area contributed by atoms with Crippen molar-refractivity contribution in [3.8, 4) is 11.1 Å². The van der Waals surface area contributed by atoms with E-state index in [-0.39, 0.29) is 11.1 Å². The van der Waals surface area contributed by atoms with E-state index in [9.17, 15) is 8.78 Å². The van der Waals surface area contributed by atoms with Gasteiger partial charge in [0.15, 0.2) is 0 Å². The molecule has 0 amide bonds. The number of halogens is 3. The summed E-state index contributed by atoms with van der Waals surface area (Å²) in [6.07, 6.45) is 13.1. The van der Waals surface area contributed by atoms with E-state index in [1.54, 1.807) is 6.07 Å². The molecule has 1 fully saturated rings. The van der Waals surface area contributed by atoms with Crippen molar-refractivity contribution in [3.63, 3.8) is 0 Å². The number of hydrogen-bond donors (Lipinski definition) is 0. The zero-order valence-corrected chi connectivity index (χ0v) is 19.0. The third-order valence-electron chi connectivity index (χ3n) is 7.22. The third-order valence-corrected chi connectivity index (χ3v) is 7.22. The molecule has 1 aliphatic rings. The lowest BCUT2D eigenvalue weighted by molar-refractivity contribution is 0.249. The smallest absolute Gasteiger partial charge is 0.138 e. The SMILES string of the molecule is CCCCC[C@H]1CC[C@H](CCc2ccc3c(F)c(-c4cc(F)cc(F)c4)ccc3c2)CC1. The van der Waals surface area contributed by atoms with E-state index in [1.165, 1.54) is 75.5 Å². The number of fused-ring (bicyclic) bond motifs is 1. The van der Waals surface area contributed by atoms with E-state index in [0.717, 1.165) is 29.7 Å². The molecule has 0 N–H and O–H groups in total. The molecular formula is C29H33F3. The Hall–Kier alpha value is -2.29. The summed E-state index contributed by atoms with van der Waals surface area (Å²) in [4.78, 5) is 0. The monoisotopic (exact) mass is 438 g/mol. The quantitative estimate of drug-likeness (QED) is 0.307. The van der Waals surface area contributed by atoms with Crippen LogP contribution in [0.2, 0.25) is 0 Å². The summed E-state index contributed by atoms with van der Waals surface area (Å²) in [5.41, 5.74) is 1.67. The molecule has 3 heteroatoms. The van der Waals surface area contributed by atoms with Crippen molar-refractivity contribution in [2.75, 3.05) is 0 Å². The van der Waals surface area contributed by atoms with Crippen LogP contribution < -0.4 is 0 Å². The molecule has 4 rings (SSSR count). The highest BCUT2D eigenvalue weighted by Crippen LogP contribution is 2.35. The Kier molecular flexibility index (Phi) is 7.55. The molecule has 1 aliphatic carbocycles. The number of benzene rings is 3. The maximum Gasteiger partial charge on any atom is 0.138 e. The van der Waals surface area contributed by atoms with Gasteiger partial charge in [-0.3, -0.25) is 0 Å². The van der Waals surface area contributed by atoms with Gasteiger partial charge >= 0.3 is 0 Å². The van der Waals surface area contributed by atoms with Crippen LogP contribution in [0.5, 0.6) is 0 Å². The first-order chi connectivity index (χ1) is 15.5. The summed E-state index contributed by atoms with van der Waals surface area (Å²) in [6.45, 7) is 2.27. The first-order valence-electron chi connectivity index (χ1n) is 12.2. The van der Waals surface area contributed by atoms with Crippen LogP contribution in [0.3, 0.4) is 0 Å². The van der Waals surface area contributed by atoms with Gasteiger partial charge < -0.3 is 0 Å². The average Bonchev–Trinajstić information content (AvgIpc) is 2.78. The maximum absolute atomic E-state index is 15.1. The lowest BCUT2D eigenvalue weighted by Gasteiger charge is -2.28. The van der Waals surface area contributed by atoms with Gasteiger partial charge in [-0.15, -0.1) is 0 Å². The average molecular weight is 439 g/mol. The zero-order valence-electron chi connectivity index (χ0n) is 19.0. The lowest BCUT2D eigenvalue weighted by Crippen LogP contribution is -2.15. The van der Waals surface area contributed by atoms with Crippen molar-refractivity contribution in [1.82, 2.24) is 0 Å². The summed E-state index contributed by atoms with van der Waals surface area (Å²) in [7, 11) is 0. The fraction of sp³-hybridized carbons (Fsp3) is 0.448. The molecular weight excluding hydrogens is 405 g/mol. The third kappa shape index (κ3) is 5.54. The molecule has 0 spiro atoms. The highest BCUT2D eigenvalue weighted by molar-refractivity contribution is 5.88. The van der Waals surface area contributed by atoms with Gasteiger partial charge in [0.05, 0.1) is 0 Å². The Morgan fingerprint density at radius 3 is 2.12 bits per heavy atom. The second kappa shape index (κ2) is 10.6. The highest BCUT2D eigenvalue weighted by Gasteiger charge is 2.20. The second-order valence-corrected chi connectivity index (χ2v) is 9.56. The molecule has 32 heavy (non-hydrogen) atoms. The fourth-order valence-corrected chi connectivity index (χ4v) is 5.29. The standard InChI is InChI=1S/C29H33F3/c1-2-3-4-5-20-6-8-21(9-7-20)10-11-22-12-14-27-23(16-22)13-15-28(29(27)32)24-17-25(30)19-26(31)18-24/h12-21H,2-11H2,1H3/t20-,21-. The van der Waals surface area contributed by atoms with E-state index < -0.39 is 17.5 Å². The Morgan fingerprint density at radius 1 is 0.750 bits per heavy atom. The van der Waals surface area contributed by atoms with E-state index in [1.807, 2.05) is 18.2 Å². The van der Waals surface area contributed by atoms with Crippen LogP contribution in [-0.2, 0) is 6.42 Å². The van der Waals surface area contributed by atoms with Gasteiger partial charge in [-0.25, -0.2) is 13.2 Å². The van der Waals surface area contributed by atoms with Crippen molar-refractivity contribution in [3.05, 3.63) is 71.5 Å². The molecule has 0 unspecified atom stereocenters. The van der Waals surface area contributed by atoms with Crippen molar-refractivity contribution in [2.24, 2.45) is 11.8 Å². The Morgan fingerprint density at radius 2 is 1.44 bits per heavy atom. The summed E-state index contributed by atoms with van der Waals surface area (Å²) >= 11 is 0. The minimum absolute atomic E-state index is 0.219. The van der Waals surface area contributed by atoms with Crippen LogP contribution in [0, 0.1) is 29.3 Å². The Labute approximate surface area is 189 Å². The number of rotatable bonds is 8. The van der Waals surface area contributed by atoms with Crippen LogP contribution in [0.25, 0.3) is 21.9 Å². The second-order valence-electron chi connectivity index (χ2n) is 9.56. The van der Waals surface area contributed by atoms with Crippen molar-refractivity contribution in [2.45, 2.75) is 71.1 Å². The van der Waals surface area contributed by atoms with E-state index in [4.69, 9.17) is 0 Å². The molecule has 0 saturated heterocycles. The first kappa shape index (κ1) is 22.9. The molecule has 0 aliphatic heterocycles. The normalized spacial score (nSPS) is 18.9. The summed E-state index contributed by atoms with van der Waals surface area (Å²) in [6, 6.07) is 12.5. The van der Waals surface area contributed by atoms with Gasteiger partial charge in [-0.2, -0.15) is 0 Å². The minimum atomic E-state index is -0.704. The van der Waals surface area contributed by atoms with Gasteiger partial charge in [0, 0.05) is 17.0 Å². The summed E-state index contributed by atoms with van der Waals surface area (Å²) < 4.78 is 42.3. The van der Waals surface area contributed by atoms with E-state index in [0.29, 0.717) is 5.39 Å². The molecule has 0 aromatic heterocycles. The van der Waals surface area contributed by atoms with Gasteiger partial charge in [0.1, 0.15) is 17.5 Å². The van der Waals surface area contributed by atoms with Crippen molar-refractivity contribution >= 4 is 10.8 Å². The molecule has 170 valence electrons. The number of unbranched alkanes of at least 4 members (excludes halogenated alkanes) is 2. The minimum Gasteiger partial charge on any atom is -0.207 e. The van der Waals surface area contributed by atoms with Gasteiger partial charge in [0.25, 0.3) is 0 Å². The van der Waals surface area contributed by atoms with Gasteiger partial charge in [0.2, 0.25) is 0 Å². The molecule has 3 aromatic carbocycles. The number of aryl methyl sites for hydroxylation is 1. The Balaban J connectivity index is 1.39. The van der Waals surface area contributed by atoms with E-state index >= 15 is 4.39 Å². The highest BCUT2D eigenvalue weighted by atomic mass is 19.1. The molecule has 1 saturated carbocycles.